The van der Waals surface area contributed by atoms with Gasteiger partial charge in [-0.05, 0) is 76.4 Å². The van der Waals surface area contributed by atoms with E-state index in [2.05, 4.69) is 88.3 Å². The second kappa shape index (κ2) is 8.63. The van der Waals surface area contributed by atoms with Crippen molar-refractivity contribution in [1.29, 1.82) is 0 Å². The molecule has 0 radical (unpaired) electrons. The van der Waals surface area contributed by atoms with Crippen LogP contribution in [0.5, 0.6) is 0 Å². The maximum absolute atomic E-state index is 12.1. The van der Waals surface area contributed by atoms with E-state index in [1.807, 2.05) is 0 Å². The van der Waals surface area contributed by atoms with Crippen LogP contribution in [0.1, 0.15) is 47.1 Å². The zero-order valence-electron chi connectivity index (χ0n) is 18.1. The van der Waals surface area contributed by atoms with Crippen molar-refractivity contribution in [3.63, 3.8) is 0 Å². The fourth-order valence-corrected chi connectivity index (χ4v) is 4.54. The molecule has 28 heavy (non-hydrogen) atoms. The lowest BCUT2D eigenvalue weighted by atomic mass is 9.68. The summed E-state index contributed by atoms with van der Waals surface area (Å²) < 4.78 is 0. The Bertz CT molecular complexity index is 834. The second-order valence-electron chi connectivity index (χ2n) is 8.96. The van der Waals surface area contributed by atoms with Gasteiger partial charge >= 0.3 is 0 Å². The van der Waals surface area contributed by atoms with E-state index in [-0.39, 0.29) is 5.92 Å². The van der Waals surface area contributed by atoms with Crippen LogP contribution < -0.4 is 0 Å². The molecule has 0 amide bonds. The summed E-state index contributed by atoms with van der Waals surface area (Å²) >= 11 is 0. The van der Waals surface area contributed by atoms with Gasteiger partial charge in [0, 0.05) is 18.9 Å². The van der Waals surface area contributed by atoms with E-state index in [1.165, 1.54) is 33.4 Å². The lowest BCUT2D eigenvalue weighted by Crippen LogP contribution is -2.48. The largest absolute Gasteiger partial charge is 0.385 e. The quantitative estimate of drug-likeness (QED) is 0.761. The molecule has 1 aliphatic rings. The highest BCUT2D eigenvalue weighted by Gasteiger charge is 2.42. The number of hydrogen-bond donors (Lipinski definition) is 1. The molecule has 0 spiro atoms. The molecule has 2 unspecified atom stereocenters. The van der Waals surface area contributed by atoms with Crippen molar-refractivity contribution in [3.8, 4) is 0 Å². The molecular formula is C26H35NO. The normalized spacial score (nSPS) is 24.1. The third kappa shape index (κ3) is 4.74. The monoisotopic (exact) mass is 377 g/mol. The van der Waals surface area contributed by atoms with Gasteiger partial charge < -0.3 is 10.0 Å². The summed E-state index contributed by atoms with van der Waals surface area (Å²) in [6.07, 6.45) is 6.12. The lowest BCUT2D eigenvalue weighted by Gasteiger charge is -2.44. The second-order valence-corrected chi connectivity index (χ2v) is 8.96. The number of benzene rings is 2. The molecule has 1 fully saturated rings. The minimum atomic E-state index is -0.800. The van der Waals surface area contributed by atoms with E-state index in [1.54, 1.807) is 0 Å². The van der Waals surface area contributed by atoms with Crippen LogP contribution in [0.4, 0.5) is 0 Å². The van der Waals surface area contributed by atoms with Crippen molar-refractivity contribution in [3.05, 3.63) is 75.9 Å². The van der Waals surface area contributed by atoms with E-state index in [0.717, 1.165) is 25.8 Å². The molecule has 150 valence electrons. The summed E-state index contributed by atoms with van der Waals surface area (Å²) in [6, 6.07) is 15.2. The third-order valence-electron chi connectivity index (χ3n) is 6.20. The first-order valence-corrected chi connectivity index (χ1v) is 10.5. The topological polar surface area (TPSA) is 23.5 Å². The Kier molecular flexibility index (Phi) is 6.42. The summed E-state index contributed by atoms with van der Waals surface area (Å²) in [5.74, 6) is 0.243. The number of aryl methyl sites for hydroxylation is 3. The van der Waals surface area contributed by atoms with E-state index < -0.39 is 5.60 Å². The molecule has 1 saturated carbocycles. The van der Waals surface area contributed by atoms with Crippen LogP contribution in [0.25, 0.3) is 6.08 Å². The van der Waals surface area contributed by atoms with E-state index in [9.17, 15) is 5.11 Å². The molecule has 0 aliphatic heterocycles. The van der Waals surface area contributed by atoms with Gasteiger partial charge in [0.15, 0.2) is 0 Å². The molecule has 2 aromatic carbocycles. The molecule has 0 heterocycles. The fraction of sp³-hybridized carbons (Fsp3) is 0.462. The molecular weight excluding hydrogens is 342 g/mol. The maximum atomic E-state index is 12.1. The van der Waals surface area contributed by atoms with Crippen LogP contribution in [-0.4, -0.2) is 36.2 Å². The SMILES string of the molecule is Cc1ccc(C=C2CCCC(CN(C)C)C2(O)Cc2cc(C)ccc2C)cc1. The minimum Gasteiger partial charge on any atom is -0.385 e. The van der Waals surface area contributed by atoms with Crippen molar-refractivity contribution < 1.29 is 5.11 Å². The van der Waals surface area contributed by atoms with Crippen LogP contribution in [-0.2, 0) is 6.42 Å². The molecule has 0 aromatic heterocycles. The van der Waals surface area contributed by atoms with Crippen molar-refractivity contribution in [2.45, 2.75) is 52.1 Å². The van der Waals surface area contributed by atoms with E-state index >= 15 is 0 Å². The van der Waals surface area contributed by atoms with Gasteiger partial charge in [-0.3, -0.25) is 0 Å². The van der Waals surface area contributed by atoms with Crippen LogP contribution in [0.15, 0.2) is 48.0 Å². The summed E-state index contributed by atoms with van der Waals surface area (Å²) in [6.45, 7) is 7.31. The number of nitrogens with zero attached hydrogens (tertiary/aromatic N) is 1. The Balaban J connectivity index is 2.03. The van der Waals surface area contributed by atoms with Gasteiger partial charge in [0.25, 0.3) is 0 Å². The van der Waals surface area contributed by atoms with Crippen molar-refractivity contribution >= 4 is 6.08 Å². The lowest BCUT2D eigenvalue weighted by molar-refractivity contribution is -0.0124. The summed E-state index contributed by atoms with van der Waals surface area (Å²) in [5, 5.41) is 12.1. The minimum absolute atomic E-state index is 0.243. The standard InChI is InChI=1S/C26H35NO/c1-19-10-13-22(14-11-19)16-24-7-6-8-25(18-27(4)5)26(24,28)17-23-15-20(2)9-12-21(23)3/h9-16,25,28H,6-8,17-18H2,1-5H3. The van der Waals surface area contributed by atoms with Crippen molar-refractivity contribution in [2.75, 3.05) is 20.6 Å². The highest BCUT2D eigenvalue weighted by Crippen LogP contribution is 2.42. The predicted molar refractivity (Wildman–Crippen MR) is 120 cm³/mol. The zero-order chi connectivity index (χ0) is 20.3. The Morgan fingerprint density at radius 3 is 2.39 bits per heavy atom. The fourth-order valence-electron chi connectivity index (χ4n) is 4.54. The molecule has 0 saturated heterocycles. The van der Waals surface area contributed by atoms with Crippen molar-refractivity contribution in [1.82, 2.24) is 4.90 Å². The van der Waals surface area contributed by atoms with Gasteiger partial charge in [0.1, 0.15) is 0 Å². The van der Waals surface area contributed by atoms with Crippen LogP contribution in [0.2, 0.25) is 0 Å². The van der Waals surface area contributed by atoms with E-state index in [4.69, 9.17) is 0 Å². The average molecular weight is 378 g/mol. The van der Waals surface area contributed by atoms with Gasteiger partial charge in [-0.15, -0.1) is 0 Å². The first kappa shape index (κ1) is 20.8. The highest BCUT2D eigenvalue weighted by atomic mass is 16.3. The van der Waals surface area contributed by atoms with Crippen LogP contribution in [0, 0.1) is 26.7 Å². The number of rotatable bonds is 5. The Morgan fingerprint density at radius 1 is 1.04 bits per heavy atom. The molecule has 1 aliphatic carbocycles. The summed E-state index contributed by atoms with van der Waals surface area (Å²) in [4.78, 5) is 2.22. The Labute approximate surface area is 170 Å². The van der Waals surface area contributed by atoms with Gasteiger partial charge in [-0.1, -0.05) is 59.7 Å². The number of hydrogen-bond acceptors (Lipinski definition) is 2. The summed E-state index contributed by atoms with van der Waals surface area (Å²) in [5.41, 5.74) is 6.63. The summed E-state index contributed by atoms with van der Waals surface area (Å²) in [7, 11) is 4.21. The van der Waals surface area contributed by atoms with Crippen LogP contribution in [0.3, 0.4) is 0 Å². The van der Waals surface area contributed by atoms with Crippen LogP contribution >= 0.6 is 0 Å². The highest BCUT2D eigenvalue weighted by molar-refractivity contribution is 5.56. The molecule has 0 bridgehead atoms. The molecule has 2 atom stereocenters. The third-order valence-corrected chi connectivity index (χ3v) is 6.20. The predicted octanol–water partition coefficient (Wildman–Crippen LogP) is 5.33. The Morgan fingerprint density at radius 2 is 1.71 bits per heavy atom. The van der Waals surface area contributed by atoms with Gasteiger partial charge in [0.2, 0.25) is 0 Å². The van der Waals surface area contributed by atoms with Gasteiger partial charge in [-0.2, -0.15) is 0 Å². The molecule has 2 nitrogen and oxygen atoms in total. The zero-order valence-corrected chi connectivity index (χ0v) is 18.1. The number of aliphatic hydroxyl groups is 1. The Hall–Kier alpha value is -1.90. The van der Waals surface area contributed by atoms with E-state index in [0.29, 0.717) is 6.42 Å². The van der Waals surface area contributed by atoms with Gasteiger partial charge in [0.05, 0.1) is 5.60 Å². The molecule has 2 aromatic rings. The molecule has 2 heteroatoms. The van der Waals surface area contributed by atoms with Crippen molar-refractivity contribution in [2.24, 2.45) is 5.92 Å². The maximum Gasteiger partial charge on any atom is 0.0940 e. The van der Waals surface area contributed by atoms with Gasteiger partial charge in [-0.25, -0.2) is 0 Å². The smallest absolute Gasteiger partial charge is 0.0940 e. The first-order valence-electron chi connectivity index (χ1n) is 10.5. The first-order chi connectivity index (χ1) is 13.3. The average Bonchev–Trinajstić information content (AvgIpc) is 2.63. The molecule has 1 N–H and O–H groups in total. The molecule has 3 rings (SSSR count).